The summed E-state index contributed by atoms with van der Waals surface area (Å²) < 4.78 is 16.4. The van der Waals surface area contributed by atoms with Gasteiger partial charge in [0.15, 0.2) is 17.6 Å². The first-order valence-electron chi connectivity index (χ1n) is 8.55. The lowest BCUT2D eigenvalue weighted by atomic mass is 9.86. The van der Waals surface area contributed by atoms with E-state index in [2.05, 4.69) is 26.1 Å². The van der Waals surface area contributed by atoms with Crippen LogP contribution < -0.4 is 19.5 Å². The third-order valence-electron chi connectivity index (χ3n) is 4.02. The summed E-state index contributed by atoms with van der Waals surface area (Å²) >= 11 is 0. The topological polar surface area (TPSA) is 56.8 Å². The Hall–Kier alpha value is -2.69. The van der Waals surface area contributed by atoms with Crippen molar-refractivity contribution >= 4 is 11.6 Å². The van der Waals surface area contributed by atoms with E-state index in [0.717, 1.165) is 11.3 Å². The number of amides is 1. The molecular weight excluding hydrogens is 330 g/mol. The van der Waals surface area contributed by atoms with Crippen LogP contribution in [-0.4, -0.2) is 26.2 Å². The number of para-hydroxylation sites is 1. The van der Waals surface area contributed by atoms with Gasteiger partial charge in [0.1, 0.15) is 5.75 Å². The van der Waals surface area contributed by atoms with Crippen LogP contribution in [-0.2, 0) is 10.2 Å². The van der Waals surface area contributed by atoms with Crippen LogP contribution in [0.1, 0.15) is 33.3 Å². The molecule has 0 saturated carbocycles. The number of nitrogens with one attached hydrogen (secondary N) is 1. The Balaban J connectivity index is 2.12. The smallest absolute Gasteiger partial charge is 0.265 e. The summed E-state index contributed by atoms with van der Waals surface area (Å²) in [5.74, 6) is 1.64. The predicted octanol–water partition coefficient (Wildman–Crippen LogP) is 4.41. The van der Waals surface area contributed by atoms with Crippen LogP contribution in [0, 0.1) is 0 Å². The molecule has 1 amide bonds. The zero-order chi connectivity index (χ0) is 19.3. The Morgan fingerprint density at radius 1 is 0.962 bits per heavy atom. The lowest BCUT2D eigenvalue weighted by Gasteiger charge is -2.24. The van der Waals surface area contributed by atoms with E-state index in [1.54, 1.807) is 39.3 Å². The minimum absolute atomic E-state index is 0.0733. The van der Waals surface area contributed by atoms with Crippen molar-refractivity contribution in [3.8, 4) is 17.2 Å². The standard InChI is InChI=1S/C21H27NO4/c1-14(26-17-10-8-7-9-16(17)21(2,3)4)20(23)22-15-11-12-18(24-5)19(13-15)25-6/h7-14H,1-6H3,(H,22,23). The molecule has 0 aliphatic rings. The molecule has 0 radical (unpaired) electrons. The maximum Gasteiger partial charge on any atom is 0.265 e. The van der Waals surface area contributed by atoms with E-state index in [9.17, 15) is 4.79 Å². The van der Waals surface area contributed by atoms with Gasteiger partial charge in [0.25, 0.3) is 5.91 Å². The molecular formula is C21H27NO4. The lowest BCUT2D eigenvalue weighted by molar-refractivity contribution is -0.122. The number of benzene rings is 2. The molecule has 0 aliphatic carbocycles. The highest BCUT2D eigenvalue weighted by atomic mass is 16.5. The van der Waals surface area contributed by atoms with E-state index in [-0.39, 0.29) is 11.3 Å². The molecule has 0 heterocycles. The molecule has 0 bridgehead atoms. The van der Waals surface area contributed by atoms with Crippen molar-refractivity contribution in [1.82, 2.24) is 0 Å². The van der Waals surface area contributed by atoms with Gasteiger partial charge in [-0.05, 0) is 36.1 Å². The van der Waals surface area contributed by atoms with Crippen molar-refractivity contribution in [2.24, 2.45) is 0 Å². The molecule has 140 valence electrons. The summed E-state index contributed by atoms with van der Waals surface area (Å²) in [5.41, 5.74) is 1.61. The second-order valence-electron chi connectivity index (χ2n) is 7.07. The predicted molar refractivity (Wildman–Crippen MR) is 103 cm³/mol. The number of rotatable bonds is 6. The Kier molecular flexibility index (Phi) is 6.14. The normalized spacial score (nSPS) is 12.2. The van der Waals surface area contributed by atoms with Gasteiger partial charge in [-0.15, -0.1) is 0 Å². The Labute approximate surface area is 155 Å². The average molecular weight is 357 g/mol. The van der Waals surface area contributed by atoms with Crippen molar-refractivity contribution < 1.29 is 19.0 Å². The second-order valence-corrected chi connectivity index (χ2v) is 7.07. The zero-order valence-electron chi connectivity index (χ0n) is 16.3. The minimum Gasteiger partial charge on any atom is -0.493 e. The fraction of sp³-hybridized carbons (Fsp3) is 0.381. The minimum atomic E-state index is -0.647. The molecule has 0 aromatic heterocycles. The molecule has 2 aromatic carbocycles. The van der Waals surface area contributed by atoms with Crippen LogP contribution in [0.15, 0.2) is 42.5 Å². The number of hydrogen-bond acceptors (Lipinski definition) is 4. The number of ether oxygens (including phenoxy) is 3. The summed E-state index contributed by atoms with van der Waals surface area (Å²) in [7, 11) is 3.12. The summed E-state index contributed by atoms with van der Waals surface area (Å²) in [4.78, 5) is 12.5. The van der Waals surface area contributed by atoms with E-state index >= 15 is 0 Å². The van der Waals surface area contributed by atoms with E-state index in [1.165, 1.54) is 0 Å². The van der Waals surface area contributed by atoms with Gasteiger partial charge in [-0.1, -0.05) is 39.0 Å². The first-order valence-corrected chi connectivity index (χ1v) is 8.55. The van der Waals surface area contributed by atoms with Gasteiger partial charge in [-0.25, -0.2) is 0 Å². The van der Waals surface area contributed by atoms with Gasteiger partial charge in [0.2, 0.25) is 0 Å². The van der Waals surface area contributed by atoms with Gasteiger partial charge < -0.3 is 19.5 Å². The molecule has 2 aromatic rings. The Morgan fingerprint density at radius 3 is 2.23 bits per heavy atom. The number of carbonyl (C=O) groups excluding carboxylic acids is 1. The van der Waals surface area contributed by atoms with E-state index in [1.807, 2.05) is 24.3 Å². The molecule has 0 saturated heterocycles. The van der Waals surface area contributed by atoms with Gasteiger partial charge in [0.05, 0.1) is 14.2 Å². The molecule has 1 N–H and O–H groups in total. The quantitative estimate of drug-likeness (QED) is 0.832. The lowest BCUT2D eigenvalue weighted by Crippen LogP contribution is -2.31. The molecule has 26 heavy (non-hydrogen) atoms. The number of anilines is 1. The number of hydrogen-bond donors (Lipinski definition) is 1. The average Bonchev–Trinajstić information content (AvgIpc) is 2.61. The third kappa shape index (κ3) is 4.69. The summed E-state index contributed by atoms with van der Waals surface area (Å²) in [6.07, 6.45) is -0.647. The van der Waals surface area contributed by atoms with Crippen LogP contribution in [0.2, 0.25) is 0 Å². The fourth-order valence-corrected chi connectivity index (χ4v) is 2.59. The molecule has 2 rings (SSSR count). The maximum atomic E-state index is 12.5. The van der Waals surface area contributed by atoms with E-state index in [0.29, 0.717) is 17.2 Å². The van der Waals surface area contributed by atoms with Crippen molar-refractivity contribution in [2.75, 3.05) is 19.5 Å². The largest absolute Gasteiger partial charge is 0.493 e. The van der Waals surface area contributed by atoms with Crippen molar-refractivity contribution in [1.29, 1.82) is 0 Å². The zero-order valence-corrected chi connectivity index (χ0v) is 16.3. The first kappa shape index (κ1) is 19.6. The molecule has 1 unspecified atom stereocenters. The van der Waals surface area contributed by atoms with Crippen LogP contribution in [0.4, 0.5) is 5.69 Å². The Bertz CT molecular complexity index is 765. The van der Waals surface area contributed by atoms with Crippen LogP contribution in [0.25, 0.3) is 0 Å². The Morgan fingerprint density at radius 2 is 1.62 bits per heavy atom. The maximum absolute atomic E-state index is 12.5. The fourth-order valence-electron chi connectivity index (χ4n) is 2.59. The summed E-state index contributed by atoms with van der Waals surface area (Å²) in [5, 5.41) is 2.85. The molecule has 0 fully saturated rings. The molecule has 0 aliphatic heterocycles. The van der Waals surface area contributed by atoms with Crippen LogP contribution in [0.5, 0.6) is 17.2 Å². The third-order valence-corrected chi connectivity index (χ3v) is 4.02. The highest BCUT2D eigenvalue weighted by Crippen LogP contribution is 2.32. The molecule has 5 nitrogen and oxygen atoms in total. The van der Waals surface area contributed by atoms with Gasteiger partial charge in [0, 0.05) is 11.8 Å². The van der Waals surface area contributed by atoms with Crippen LogP contribution in [0.3, 0.4) is 0 Å². The number of methoxy groups -OCH3 is 2. The van der Waals surface area contributed by atoms with Crippen molar-refractivity contribution in [3.63, 3.8) is 0 Å². The molecule has 0 spiro atoms. The molecule has 5 heteroatoms. The molecule has 1 atom stereocenters. The monoisotopic (exact) mass is 357 g/mol. The SMILES string of the molecule is COc1ccc(NC(=O)C(C)Oc2ccccc2C(C)(C)C)cc1OC. The highest BCUT2D eigenvalue weighted by Gasteiger charge is 2.22. The number of carbonyl (C=O) groups is 1. The van der Waals surface area contributed by atoms with Crippen LogP contribution >= 0.6 is 0 Å². The van der Waals surface area contributed by atoms with Gasteiger partial charge in [-0.3, -0.25) is 4.79 Å². The summed E-state index contributed by atoms with van der Waals surface area (Å²) in [6, 6.07) is 13.0. The van der Waals surface area contributed by atoms with Crippen molar-refractivity contribution in [3.05, 3.63) is 48.0 Å². The highest BCUT2D eigenvalue weighted by molar-refractivity contribution is 5.94. The first-order chi connectivity index (χ1) is 12.3. The van der Waals surface area contributed by atoms with Gasteiger partial charge >= 0.3 is 0 Å². The van der Waals surface area contributed by atoms with Gasteiger partial charge in [-0.2, -0.15) is 0 Å². The van der Waals surface area contributed by atoms with E-state index in [4.69, 9.17) is 14.2 Å². The van der Waals surface area contributed by atoms with E-state index < -0.39 is 6.10 Å². The summed E-state index contributed by atoms with van der Waals surface area (Å²) in [6.45, 7) is 8.08. The second kappa shape index (κ2) is 8.13. The van der Waals surface area contributed by atoms with Crippen molar-refractivity contribution in [2.45, 2.75) is 39.2 Å².